The third-order valence-corrected chi connectivity index (χ3v) is 4.64. The minimum Gasteiger partial charge on any atom is -0.436 e. The fourth-order valence-corrected chi connectivity index (χ4v) is 3.21. The largest absolute Gasteiger partial charge is 0.436 e. The van der Waals surface area contributed by atoms with Crippen LogP contribution in [0.4, 0.5) is 0 Å². The van der Waals surface area contributed by atoms with Crippen LogP contribution in [0.2, 0.25) is 5.02 Å². The molecule has 0 radical (unpaired) electrons. The van der Waals surface area contributed by atoms with Gasteiger partial charge in [-0.05, 0) is 42.3 Å². The third kappa shape index (κ3) is 4.63. The molecule has 0 spiro atoms. The van der Waals surface area contributed by atoms with Crippen molar-refractivity contribution < 1.29 is 9.21 Å². The van der Waals surface area contributed by atoms with Gasteiger partial charge in [0.2, 0.25) is 5.89 Å². The summed E-state index contributed by atoms with van der Waals surface area (Å²) in [6, 6.07) is 15.1. The van der Waals surface area contributed by atoms with Gasteiger partial charge < -0.3 is 4.42 Å². The summed E-state index contributed by atoms with van der Waals surface area (Å²) in [7, 11) is 0. The third-order valence-electron chi connectivity index (χ3n) is 3.88. The summed E-state index contributed by atoms with van der Waals surface area (Å²) in [5.74, 6) is 1.57. The topological polar surface area (TPSA) is 43.1 Å². The van der Waals surface area contributed by atoms with Crippen molar-refractivity contribution >= 4 is 33.3 Å². The SMILES string of the molecule is CC(C)CC(=O)Cc1nc(-c2ccc(Br)cc2)oc1-c1cccc(Cl)c1. The van der Waals surface area contributed by atoms with Crippen molar-refractivity contribution in [1.29, 1.82) is 0 Å². The zero-order valence-electron chi connectivity index (χ0n) is 14.6. The van der Waals surface area contributed by atoms with Crippen LogP contribution in [-0.4, -0.2) is 10.8 Å². The molecule has 3 rings (SSSR count). The molecule has 26 heavy (non-hydrogen) atoms. The van der Waals surface area contributed by atoms with E-state index in [0.29, 0.717) is 34.7 Å². The highest BCUT2D eigenvalue weighted by molar-refractivity contribution is 9.10. The summed E-state index contributed by atoms with van der Waals surface area (Å²) in [6.45, 7) is 4.07. The van der Waals surface area contributed by atoms with Gasteiger partial charge in [0.1, 0.15) is 5.78 Å². The molecule has 2 aromatic carbocycles. The molecule has 0 bridgehead atoms. The Morgan fingerprint density at radius 1 is 1.15 bits per heavy atom. The fraction of sp³-hybridized carbons (Fsp3) is 0.238. The summed E-state index contributed by atoms with van der Waals surface area (Å²) >= 11 is 9.56. The van der Waals surface area contributed by atoms with Gasteiger partial charge in [-0.15, -0.1) is 0 Å². The Bertz CT molecular complexity index is 916. The number of halogens is 2. The molecule has 0 unspecified atom stereocenters. The number of aromatic nitrogens is 1. The first-order valence-corrected chi connectivity index (χ1v) is 9.62. The van der Waals surface area contributed by atoms with E-state index in [-0.39, 0.29) is 12.2 Å². The van der Waals surface area contributed by atoms with E-state index in [1.165, 1.54) is 0 Å². The Balaban J connectivity index is 2.02. The maximum atomic E-state index is 12.3. The average molecular weight is 433 g/mol. The Labute approximate surface area is 166 Å². The van der Waals surface area contributed by atoms with E-state index in [4.69, 9.17) is 16.0 Å². The lowest BCUT2D eigenvalue weighted by molar-refractivity contribution is -0.119. The maximum absolute atomic E-state index is 12.3. The molecule has 0 saturated heterocycles. The Morgan fingerprint density at radius 3 is 2.54 bits per heavy atom. The van der Waals surface area contributed by atoms with Gasteiger partial charge >= 0.3 is 0 Å². The van der Waals surface area contributed by atoms with Crippen LogP contribution < -0.4 is 0 Å². The first kappa shape index (κ1) is 18.9. The lowest BCUT2D eigenvalue weighted by Crippen LogP contribution is -2.07. The Kier molecular flexibility index (Phi) is 5.94. The molecule has 3 aromatic rings. The van der Waals surface area contributed by atoms with Gasteiger partial charge in [-0.1, -0.05) is 53.5 Å². The van der Waals surface area contributed by atoms with E-state index >= 15 is 0 Å². The van der Waals surface area contributed by atoms with Crippen molar-refractivity contribution in [2.75, 3.05) is 0 Å². The van der Waals surface area contributed by atoms with E-state index in [0.717, 1.165) is 15.6 Å². The Hall–Kier alpha value is -1.91. The molecule has 0 atom stereocenters. The standard InChI is InChI=1S/C21H19BrClNO2/c1-13(2)10-18(25)12-19-20(15-4-3-5-17(23)11-15)26-21(24-19)14-6-8-16(22)9-7-14/h3-9,11,13H,10,12H2,1-2H3. The number of oxazole rings is 1. The number of hydrogen-bond donors (Lipinski definition) is 0. The molecule has 0 saturated carbocycles. The highest BCUT2D eigenvalue weighted by Crippen LogP contribution is 2.32. The lowest BCUT2D eigenvalue weighted by atomic mass is 10.0. The zero-order valence-corrected chi connectivity index (χ0v) is 17.0. The molecule has 1 aromatic heterocycles. The van der Waals surface area contributed by atoms with E-state index in [1.807, 2.05) is 56.3 Å². The molecule has 0 fully saturated rings. The predicted molar refractivity (Wildman–Crippen MR) is 108 cm³/mol. The Morgan fingerprint density at radius 2 is 1.88 bits per heavy atom. The number of rotatable bonds is 6. The summed E-state index contributed by atoms with van der Waals surface area (Å²) in [4.78, 5) is 17.0. The van der Waals surface area contributed by atoms with Gasteiger partial charge in [-0.25, -0.2) is 4.98 Å². The quantitative estimate of drug-likeness (QED) is 0.441. The molecule has 0 aliphatic carbocycles. The van der Waals surface area contributed by atoms with Crippen molar-refractivity contribution in [3.8, 4) is 22.8 Å². The first-order valence-electron chi connectivity index (χ1n) is 8.45. The number of nitrogens with zero attached hydrogens (tertiary/aromatic N) is 1. The smallest absolute Gasteiger partial charge is 0.227 e. The highest BCUT2D eigenvalue weighted by Gasteiger charge is 2.19. The van der Waals surface area contributed by atoms with Crippen LogP contribution in [0, 0.1) is 5.92 Å². The molecule has 134 valence electrons. The number of carbonyl (C=O) groups is 1. The summed E-state index contributed by atoms with van der Waals surface area (Å²) in [5.41, 5.74) is 2.33. The second-order valence-corrected chi connectivity index (χ2v) is 7.98. The number of ketones is 1. The monoisotopic (exact) mass is 431 g/mol. The molecule has 5 heteroatoms. The molecule has 0 N–H and O–H groups in total. The van der Waals surface area contributed by atoms with Crippen LogP contribution in [0.5, 0.6) is 0 Å². The van der Waals surface area contributed by atoms with Crippen molar-refractivity contribution in [2.24, 2.45) is 5.92 Å². The minimum atomic E-state index is 0.152. The number of carbonyl (C=O) groups excluding carboxylic acids is 1. The highest BCUT2D eigenvalue weighted by atomic mass is 79.9. The normalized spacial score (nSPS) is 11.1. The van der Waals surface area contributed by atoms with Gasteiger partial charge in [0.15, 0.2) is 5.76 Å². The second kappa shape index (κ2) is 8.19. The van der Waals surface area contributed by atoms with Crippen molar-refractivity contribution in [1.82, 2.24) is 4.98 Å². The number of benzene rings is 2. The maximum Gasteiger partial charge on any atom is 0.227 e. The summed E-state index contributed by atoms with van der Waals surface area (Å²) in [5, 5.41) is 0.614. The first-order chi connectivity index (χ1) is 12.4. The van der Waals surface area contributed by atoms with Gasteiger partial charge in [-0.2, -0.15) is 0 Å². The van der Waals surface area contributed by atoms with Crippen LogP contribution in [0.1, 0.15) is 26.0 Å². The van der Waals surface area contributed by atoms with Gasteiger partial charge in [-0.3, -0.25) is 4.79 Å². The second-order valence-electron chi connectivity index (χ2n) is 6.63. The van der Waals surface area contributed by atoms with E-state index in [9.17, 15) is 4.79 Å². The van der Waals surface area contributed by atoms with Crippen LogP contribution >= 0.6 is 27.5 Å². The molecule has 0 aliphatic heterocycles. The van der Waals surface area contributed by atoms with Crippen LogP contribution in [0.3, 0.4) is 0 Å². The van der Waals surface area contributed by atoms with Crippen LogP contribution in [-0.2, 0) is 11.2 Å². The summed E-state index contributed by atoms with van der Waals surface area (Å²) in [6.07, 6.45) is 0.773. The van der Waals surface area contributed by atoms with Crippen LogP contribution in [0.15, 0.2) is 57.4 Å². The van der Waals surface area contributed by atoms with Crippen molar-refractivity contribution in [2.45, 2.75) is 26.7 Å². The number of Topliss-reactive ketones (excluding diaryl/α,β-unsaturated/α-hetero) is 1. The summed E-state index contributed by atoms with van der Waals surface area (Å²) < 4.78 is 7.03. The molecular weight excluding hydrogens is 414 g/mol. The molecule has 0 aliphatic rings. The number of hydrogen-bond acceptors (Lipinski definition) is 3. The van der Waals surface area contributed by atoms with Crippen molar-refractivity contribution in [3.63, 3.8) is 0 Å². The molecule has 0 amide bonds. The van der Waals surface area contributed by atoms with Crippen molar-refractivity contribution in [3.05, 3.63) is 63.7 Å². The van der Waals surface area contributed by atoms with E-state index in [1.54, 1.807) is 6.07 Å². The van der Waals surface area contributed by atoms with E-state index in [2.05, 4.69) is 20.9 Å². The molecule has 1 heterocycles. The molecular formula is C21H19BrClNO2. The average Bonchev–Trinajstić information content (AvgIpc) is 2.98. The van der Waals surface area contributed by atoms with Gasteiger partial charge in [0.25, 0.3) is 0 Å². The lowest BCUT2D eigenvalue weighted by Gasteiger charge is -2.04. The fourth-order valence-electron chi connectivity index (χ4n) is 2.76. The molecule has 3 nitrogen and oxygen atoms in total. The minimum absolute atomic E-state index is 0.152. The van der Waals surface area contributed by atoms with Crippen LogP contribution in [0.25, 0.3) is 22.8 Å². The zero-order chi connectivity index (χ0) is 18.7. The van der Waals surface area contributed by atoms with E-state index < -0.39 is 0 Å². The van der Waals surface area contributed by atoms with Gasteiger partial charge in [0.05, 0.1) is 12.1 Å². The predicted octanol–water partition coefficient (Wildman–Crippen LogP) is 6.58. The van der Waals surface area contributed by atoms with Gasteiger partial charge in [0, 0.05) is 27.0 Å².